The lowest BCUT2D eigenvalue weighted by Crippen LogP contribution is -2.51. The number of nitrogens with zero attached hydrogens (tertiary/aromatic N) is 1. The van der Waals surface area contributed by atoms with E-state index in [4.69, 9.17) is 5.73 Å². The number of rotatable bonds is 6. The lowest BCUT2D eigenvalue weighted by atomic mass is 9.68. The normalized spacial score (nSPS) is 24.8. The van der Waals surface area contributed by atoms with Crippen LogP contribution in [-0.2, 0) is 5.41 Å². The monoisotopic (exact) mass is 377 g/mol. The quantitative estimate of drug-likeness (QED) is 0.802. The standard InChI is InChI=1S/C24H31N3O/c1-27-21-13-12-18(14-21)15-22(27)16-24(17-26-23(25)28,19-8-4-2-5-9-19)20-10-6-3-7-11-20/h2-11,18,21-22H,12-17H2,1H3,(H3,25,26,28). The van der Waals surface area contributed by atoms with Crippen LogP contribution >= 0.6 is 0 Å². The lowest BCUT2D eigenvalue weighted by Gasteiger charge is -2.45. The van der Waals surface area contributed by atoms with Crippen molar-refractivity contribution >= 4 is 6.03 Å². The van der Waals surface area contributed by atoms with Gasteiger partial charge in [-0.05, 0) is 56.2 Å². The number of carbonyl (C=O) groups is 1. The molecule has 1 saturated heterocycles. The van der Waals surface area contributed by atoms with Crippen LogP contribution in [0, 0.1) is 5.92 Å². The van der Waals surface area contributed by atoms with Gasteiger partial charge in [-0.1, -0.05) is 60.7 Å². The van der Waals surface area contributed by atoms with Crippen molar-refractivity contribution in [2.24, 2.45) is 11.7 Å². The zero-order chi connectivity index (χ0) is 19.6. The number of primary amides is 1. The van der Waals surface area contributed by atoms with Crippen molar-refractivity contribution in [3.8, 4) is 0 Å². The fourth-order valence-electron chi connectivity index (χ4n) is 5.54. The van der Waals surface area contributed by atoms with E-state index in [0.29, 0.717) is 18.6 Å². The smallest absolute Gasteiger partial charge is 0.312 e. The summed E-state index contributed by atoms with van der Waals surface area (Å²) in [5.74, 6) is 0.847. The minimum Gasteiger partial charge on any atom is -0.352 e. The molecule has 4 nitrogen and oxygen atoms in total. The summed E-state index contributed by atoms with van der Waals surface area (Å²) in [6, 6.07) is 21.9. The van der Waals surface area contributed by atoms with Gasteiger partial charge in [0.1, 0.15) is 0 Å². The first-order valence-corrected chi connectivity index (χ1v) is 10.4. The third kappa shape index (κ3) is 3.66. The molecule has 148 valence electrons. The molecule has 4 rings (SSSR count). The van der Waals surface area contributed by atoms with Gasteiger partial charge in [-0.2, -0.15) is 0 Å². The summed E-state index contributed by atoms with van der Waals surface area (Å²) in [6.07, 6.45) is 6.24. The molecule has 3 N–H and O–H groups in total. The van der Waals surface area contributed by atoms with Crippen LogP contribution in [0.3, 0.4) is 0 Å². The van der Waals surface area contributed by atoms with Crippen LogP contribution in [-0.4, -0.2) is 36.6 Å². The van der Waals surface area contributed by atoms with Crippen LogP contribution in [0.4, 0.5) is 4.79 Å². The minimum absolute atomic E-state index is 0.298. The first-order chi connectivity index (χ1) is 13.6. The van der Waals surface area contributed by atoms with Gasteiger partial charge in [0, 0.05) is 24.0 Å². The highest BCUT2D eigenvalue weighted by Gasteiger charge is 2.43. The molecular weight excluding hydrogens is 346 g/mol. The maximum absolute atomic E-state index is 11.7. The third-order valence-corrected chi connectivity index (χ3v) is 7.07. The molecule has 0 spiro atoms. The van der Waals surface area contributed by atoms with Crippen molar-refractivity contribution in [2.75, 3.05) is 13.6 Å². The van der Waals surface area contributed by atoms with Crippen LogP contribution in [0.1, 0.15) is 43.2 Å². The number of likely N-dealkylation sites (tertiary alicyclic amines) is 1. The number of nitrogens with one attached hydrogen (secondary N) is 1. The maximum Gasteiger partial charge on any atom is 0.312 e. The van der Waals surface area contributed by atoms with Gasteiger partial charge in [0.15, 0.2) is 0 Å². The molecule has 0 radical (unpaired) electrons. The second kappa shape index (κ2) is 7.96. The molecule has 4 heteroatoms. The Hall–Kier alpha value is -2.33. The van der Waals surface area contributed by atoms with E-state index < -0.39 is 6.03 Å². The average Bonchev–Trinajstić information content (AvgIpc) is 3.14. The van der Waals surface area contributed by atoms with E-state index >= 15 is 0 Å². The molecule has 2 bridgehead atoms. The maximum atomic E-state index is 11.7. The summed E-state index contributed by atoms with van der Waals surface area (Å²) in [5.41, 5.74) is 7.69. The first kappa shape index (κ1) is 19.0. The van der Waals surface area contributed by atoms with Crippen molar-refractivity contribution in [3.63, 3.8) is 0 Å². The second-order valence-corrected chi connectivity index (χ2v) is 8.62. The number of hydrogen-bond donors (Lipinski definition) is 2. The van der Waals surface area contributed by atoms with Crippen molar-refractivity contribution in [1.82, 2.24) is 10.2 Å². The third-order valence-electron chi connectivity index (χ3n) is 7.07. The minimum atomic E-state index is -0.465. The summed E-state index contributed by atoms with van der Waals surface area (Å²) in [7, 11) is 2.29. The Morgan fingerprint density at radius 3 is 2.21 bits per heavy atom. The number of carbonyl (C=O) groups excluding carboxylic acids is 1. The molecule has 3 unspecified atom stereocenters. The van der Waals surface area contributed by atoms with Gasteiger partial charge < -0.3 is 16.0 Å². The highest BCUT2D eigenvalue weighted by molar-refractivity contribution is 5.72. The van der Waals surface area contributed by atoms with E-state index in [9.17, 15) is 4.79 Å². The predicted molar refractivity (Wildman–Crippen MR) is 113 cm³/mol. The average molecular weight is 378 g/mol. The summed E-state index contributed by atoms with van der Waals surface area (Å²) >= 11 is 0. The number of nitrogens with two attached hydrogens (primary N) is 1. The molecule has 2 aromatic carbocycles. The zero-order valence-electron chi connectivity index (χ0n) is 16.7. The van der Waals surface area contributed by atoms with E-state index in [2.05, 4.69) is 65.8 Å². The Labute approximate surface area is 168 Å². The predicted octanol–water partition coefficient (Wildman–Crippen LogP) is 3.90. The highest BCUT2D eigenvalue weighted by Crippen LogP contribution is 2.44. The van der Waals surface area contributed by atoms with Gasteiger partial charge in [-0.3, -0.25) is 0 Å². The molecule has 28 heavy (non-hydrogen) atoms. The van der Waals surface area contributed by atoms with Gasteiger partial charge in [-0.15, -0.1) is 0 Å². The summed E-state index contributed by atoms with van der Waals surface area (Å²) < 4.78 is 0. The number of benzene rings is 2. The Kier molecular flexibility index (Phi) is 5.40. The molecule has 0 aromatic heterocycles. The zero-order valence-corrected chi connectivity index (χ0v) is 16.7. The molecule has 3 atom stereocenters. The van der Waals surface area contributed by atoms with Crippen molar-refractivity contribution in [1.29, 1.82) is 0 Å². The summed E-state index contributed by atoms with van der Waals surface area (Å²) in [5, 5.41) is 2.95. The molecular formula is C24H31N3O. The van der Waals surface area contributed by atoms with Crippen molar-refractivity contribution in [2.45, 2.75) is 49.6 Å². The Morgan fingerprint density at radius 2 is 1.64 bits per heavy atom. The molecule has 2 fully saturated rings. The largest absolute Gasteiger partial charge is 0.352 e. The Balaban J connectivity index is 1.76. The molecule has 2 aliphatic rings. The molecule has 2 amide bonds. The van der Waals surface area contributed by atoms with Crippen LogP contribution < -0.4 is 11.1 Å². The molecule has 1 heterocycles. The molecule has 1 saturated carbocycles. The van der Waals surface area contributed by atoms with Gasteiger partial charge in [-0.25, -0.2) is 4.79 Å². The van der Waals surface area contributed by atoms with Crippen LogP contribution in [0.15, 0.2) is 60.7 Å². The van der Waals surface area contributed by atoms with E-state index in [1.807, 2.05) is 12.1 Å². The molecule has 2 aromatic rings. The van der Waals surface area contributed by atoms with E-state index in [1.165, 1.54) is 36.8 Å². The number of piperidine rings is 1. The van der Waals surface area contributed by atoms with E-state index in [1.54, 1.807) is 0 Å². The lowest BCUT2D eigenvalue weighted by molar-refractivity contribution is 0.0977. The van der Waals surface area contributed by atoms with Crippen LogP contribution in [0.5, 0.6) is 0 Å². The van der Waals surface area contributed by atoms with E-state index in [0.717, 1.165) is 12.3 Å². The summed E-state index contributed by atoms with van der Waals surface area (Å²) in [4.78, 5) is 14.3. The summed E-state index contributed by atoms with van der Waals surface area (Å²) in [6.45, 7) is 0.510. The fraction of sp³-hybridized carbons (Fsp3) is 0.458. The molecule has 1 aliphatic heterocycles. The van der Waals surface area contributed by atoms with E-state index in [-0.39, 0.29) is 5.41 Å². The van der Waals surface area contributed by atoms with Crippen LogP contribution in [0.2, 0.25) is 0 Å². The van der Waals surface area contributed by atoms with Crippen LogP contribution in [0.25, 0.3) is 0 Å². The SMILES string of the molecule is CN1C2CCC(C2)CC1CC(CNC(N)=O)(c1ccccc1)c1ccccc1. The van der Waals surface area contributed by atoms with Gasteiger partial charge in [0.25, 0.3) is 0 Å². The van der Waals surface area contributed by atoms with Gasteiger partial charge in [0.05, 0.1) is 0 Å². The number of fused-ring (bicyclic) bond motifs is 2. The second-order valence-electron chi connectivity index (χ2n) is 8.62. The van der Waals surface area contributed by atoms with Crippen molar-refractivity contribution in [3.05, 3.63) is 71.8 Å². The van der Waals surface area contributed by atoms with Crippen molar-refractivity contribution < 1.29 is 4.79 Å². The fourth-order valence-corrected chi connectivity index (χ4v) is 5.54. The molecule has 1 aliphatic carbocycles. The highest BCUT2D eigenvalue weighted by atomic mass is 16.2. The van der Waals surface area contributed by atoms with Gasteiger partial charge >= 0.3 is 6.03 Å². The first-order valence-electron chi connectivity index (χ1n) is 10.4. The van der Waals surface area contributed by atoms with Gasteiger partial charge in [0.2, 0.25) is 0 Å². The topological polar surface area (TPSA) is 58.4 Å². The Bertz CT molecular complexity index is 753. The number of hydrogen-bond acceptors (Lipinski definition) is 2. The number of urea groups is 1. The number of amides is 2. The Morgan fingerprint density at radius 1 is 1.04 bits per heavy atom.